The summed E-state index contributed by atoms with van der Waals surface area (Å²) in [6.07, 6.45) is 0. The molecule has 1 heterocycles. The molecule has 2 aromatic carbocycles. The lowest BCUT2D eigenvalue weighted by Gasteiger charge is -2.04. The first-order valence-corrected chi connectivity index (χ1v) is 9.29. The molecule has 0 saturated carbocycles. The summed E-state index contributed by atoms with van der Waals surface area (Å²) in [5.41, 5.74) is 9.70. The molecule has 0 radical (unpaired) electrons. The van der Waals surface area contributed by atoms with Gasteiger partial charge in [0.25, 0.3) is 0 Å². The quantitative estimate of drug-likeness (QED) is 0.429. The molecular formula is C19H18BrN3S. The maximum absolute atomic E-state index is 4.66. The summed E-state index contributed by atoms with van der Waals surface area (Å²) in [5, 5.41) is 7.30. The number of hydrogen-bond acceptors (Lipinski definition) is 4. The van der Waals surface area contributed by atoms with Crippen molar-refractivity contribution in [1.29, 1.82) is 0 Å². The SMILES string of the molecule is C/C(=N\Nc1nc(-c2cc(C)ccc2C)cs1)c1ccc(Br)cc1. The van der Waals surface area contributed by atoms with E-state index in [0.29, 0.717) is 0 Å². The zero-order valence-electron chi connectivity index (χ0n) is 13.8. The van der Waals surface area contributed by atoms with E-state index in [2.05, 4.69) is 68.9 Å². The number of rotatable bonds is 4. The number of hydrogen-bond donors (Lipinski definition) is 1. The average molecular weight is 400 g/mol. The molecule has 0 amide bonds. The van der Waals surface area contributed by atoms with Gasteiger partial charge in [0.1, 0.15) is 0 Å². The molecule has 0 aliphatic rings. The van der Waals surface area contributed by atoms with Gasteiger partial charge < -0.3 is 0 Å². The number of anilines is 1. The van der Waals surface area contributed by atoms with Gasteiger partial charge in [-0.25, -0.2) is 4.98 Å². The van der Waals surface area contributed by atoms with Crippen molar-refractivity contribution < 1.29 is 0 Å². The number of hydrazone groups is 1. The summed E-state index contributed by atoms with van der Waals surface area (Å²) < 4.78 is 1.06. The molecule has 0 spiro atoms. The van der Waals surface area contributed by atoms with Gasteiger partial charge >= 0.3 is 0 Å². The Morgan fingerprint density at radius 3 is 2.62 bits per heavy atom. The van der Waals surface area contributed by atoms with Gasteiger partial charge in [-0.05, 0) is 50.1 Å². The van der Waals surface area contributed by atoms with E-state index in [1.54, 1.807) is 11.3 Å². The number of nitrogens with zero attached hydrogens (tertiary/aromatic N) is 2. The zero-order valence-corrected chi connectivity index (χ0v) is 16.2. The maximum atomic E-state index is 4.66. The van der Waals surface area contributed by atoms with Crippen LogP contribution >= 0.6 is 27.3 Å². The van der Waals surface area contributed by atoms with Crippen LogP contribution in [0.2, 0.25) is 0 Å². The smallest absolute Gasteiger partial charge is 0.203 e. The Balaban J connectivity index is 1.77. The summed E-state index contributed by atoms with van der Waals surface area (Å²) in [4.78, 5) is 4.66. The van der Waals surface area contributed by atoms with Crippen molar-refractivity contribution in [3.05, 3.63) is 69.0 Å². The van der Waals surface area contributed by atoms with Crippen LogP contribution in [0.3, 0.4) is 0 Å². The molecule has 0 atom stereocenters. The van der Waals surface area contributed by atoms with Crippen LogP contribution in [0.15, 0.2) is 57.4 Å². The number of benzene rings is 2. The van der Waals surface area contributed by atoms with Crippen LogP contribution in [-0.4, -0.2) is 10.7 Å². The Kier molecular flexibility index (Phi) is 5.11. The van der Waals surface area contributed by atoms with Crippen molar-refractivity contribution in [2.75, 3.05) is 5.43 Å². The maximum Gasteiger partial charge on any atom is 0.203 e. The molecule has 0 aliphatic heterocycles. The van der Waals surface area contributed by atoms with Crippen LogP contribution in [0.25, 0.3) is 11.3 Å². The average Bonchev–Trinajstić information content (AvgIpc) is 3.04. The predicted molar refractivity (Wildman–Crippen MR) is 107 cm³/mol. The Labute approximate surface area is 154 Å². The highest BCUT2D eigenvalue weighted by Crippen LogP contribution is 2.28. The van der Waals surface area contributed by atoms with Gasteiger partial charge in [0, 0.05) is 15.4 Å². The Hall–Kier alpha value is -1.98. The fourth-order valence-corrected chi connectivity index (χ4v) is 3.26. The molecule has 3 aromatic rings. The van der Waals surface area contributed by atoms with Gasteiger partial charge in [-0.3, -0.25) is 5.43 Å². The molecule has 0 bridgehead atoms. The molecule has 3 rings (SSSR count). The van der Waals surface area contributed by atoms with Crippen molar-refractivity contribution in [2.45, 2.75) is 20.8 Å². The lowest BCUT2D eigenvalue weighted by molar-refractivity contribution is 1.26. The molecular weight excluding hydrogens is 382 g/mol. The molecule has 0 fully saturated rings. The van der Waals surface area contributed by atoms with Gasteiger partial charge in [0.15, 0.2) is 0 Å². The Morgan fingerprint density at radius 1 is 1.12 bits per heavy atom. The van der Waals surface area contributed by atoms with Crippen LogP contribution in [-0.2, 0) is 0 Å². The normalized spacial score (nSPS) is 11.6. The third-order valence-corrected chi connectivity index (χ3v) is 5.03. The third-order valence-electron chi connectivity index (χ3n) is 3.75. The van der Waals surface area contributed by atoms with E-state index >= 15 is 0 Å². The predicted octanol–water partition coefficient (Wildman–Crippen LogP) is 6.03. The minimum absolute atomic E-state index is 0.794. The highest BCUT2D eigenvalue weighted by atomic mass is 79.9. The first-order chi connectivity index (χ1) is 11.5. The molecule has 0 aliphatic carbocycles. The number of nitrogens with one attached hydrogen (secondary N) is 1. The third kappa shape index (κ3) is 3.91. The standard InChI is InChI=1S/C19H18BrN3S/c1-12-4-5-13(2)17(10-12)18-11-24-19(21-18)23-22-14(3)15-6-8-16(20)9-7-15/h4-11H,1-3H3,(H,21,23)/b22-14+. The Bertz CT molecular complexity index is 882. The molecule has 0 saturated heterocycles. The molecule has 122 valence electrons. The summed E-state index contributed by atoms with van der Waals surface area (Å²) in [6, 6.07) is 14.5. The fraction of sp³-hybridized carbons (Fsp3) is 0.158. The minimum atomic E-state index is 0.794. The first-order valence-electron chi connectivity index (χ1n) is 7.62. The zero-order chi connectivity index (χ0) is 17.1. The van der Waals surface area contributed by atoms with E-state index in [1.165, 1.54) is 16.7 Å². The second-order valence-corrected chi connectivity index (χ2v) is 7.45. The lowest BCUT2D eigenvalue weighted by Crippen LogP contribution is -1.99. The van der Waals surface area contributed by atoms with Crippen LogP contribution in [0.5, 0.6) is 0 Å². The van der Waals surface area contributed by atoms with E-state index in [-0.39, 0.29) is 0 Å². The summed E-state index contributed by atoms with van der Waals surface area (Å²) >= 11 is 5.00. The highest BCUT2D eigenvalue weighted by molar-refractivity contribution is 9.10. The Morgan fingerprint density at radius 2 is 1.88 bits per heavy atom. The number of aromatic nitrogens is 1. The molecule has 1 N–H and O–H groups in total. The van der Waals surface area contributed by atoms with E-state index in [0.717, 1.165) is 26.6 Å². The van der Waals surface area contributed by atoms with Gasteiger partial charge in [-0.2, -0.15) is 5.10 Å². The van der Waals surface area contributed by atoms with Gasteiger partial charge in [-0.1, -0.05) is 45.8 Å². The van der Waals surface area contributed by atoms with Crippen molar-refractivity contribution in [3.8, 4) is 11.3 Å². The van der Waals surface area contributed by atoms with E-state index in [4.69, 9.17) is 0 Å². The number of aryl methyl sites for hydroxylation is 2. The second-order valence-electron chi connectivity index (χ2n) is 5.67. The van der Waals surface area contributed by atoms with Crippen molar-refractivity contribution in [1.82, 2.24) is 4.98 Å². The van der Waals surface area contributed by atoms with E-state index in [1.807, 2.05) is 31.2 Å². The molecule has 0 unspecified atom stereocenters. The fourth-order valence-electron chi connectivity index (χ4n) is 2.35. The number of thiazole rings is 1. The van der Waals surface area contributed by atoms with Crippen LogP contribution < -0.4 is 5.43 Å². The van der Waals surface area contributed by atoms with Crippen molar-refractivity contribution in [2.24, 2.45) is 5.10 Å². The van der Waals surface area contributed by atoms with E-state index in [9.17, 15) is 0 Å². The second kappa shape index (κ2) is 7.28. The summed E-state index contributed by atoms with van der Waals surface area (Å²) in [6.45, 7) is 6.19. The molecule has 3 nitrogen and oxygen atoms in total. The van der Waals surface area contributed by atoms with Crippen LogP contribution in [0.1, 0.15) is 23.6 Å². The summed E-state index contributed by atoms with van der Waals surface area (Å²) in [7, 11) is 0. The monoisotopic (exact) mass is 399 g/mol. The molecule has 24 heavy (non-hydrogen) atoms. The lowest BCUT2D eigenvalue weighted by atomic mass is 10.0. The minimum Gasteiger partial charge on any atom is -0.252 e. The topological polar surface area (TPSA) is 37.3 Å². The summed E-state index contributed by atoms with van der Waals surface area (Å²) in [5.74, 6) is 0. The van der Waals surface area contributed by atoms with Gasteiger partial charge in [0.2, 0.25) is 5.13 Å². The van der Waals surface area contributed by atoms with E-state index < -0.39 is 0 Å². The molecule has 5 heteroatoms. The van der Waals surface area contributed by atoms with Crippen molar-refractivity contribution in [3.63, 3.8) is 0 Å². The van der Waals surface area contributed by atoms with Crippen LogP contribution in [0.4, 0.5) is 5.13 Å². The number of halogens is 1. The van der Waals surface area contributed by atoms with Gasteiger partial charge in [0.05, 0.1) is 11.4 Å². The highest BCUT2D eigenvalue weighted by Gasteiger charge is 2.07. The molecule has 1 aromatic heterocycles. The van der Waals surface area contributed by atoms with Crippen molar-refractivity contribution >= 4 is 38.1 Å². The van der Waals surface area contributed by atoms with Gasteiger partial charge in [-0.15, -0.1) is 11.3 Å². The largest absolute Gasteiger partial charge is 0.252 e. The van der Waals surface area contributed by atoms with Crippen LogP contribution in [0, 0.1) is 13.8 Å². The first kappa shape index (κ1) is 16.9.